The monoisotopic (exact) mass is 658 g/mol. The molecule has 4 nitrogen and oxygen atoms in total. The third-order valence-corrected chi connectivity index (χ3v) is 11.5. The molecule has 0 aromatic heterocycles. The highest BCUT2D eigenvalue weighted by molar-refractivity contribution is 14.1. The number of hydrogen-bond acceptors (Lipinski definition) is 4. The average Bonchev–Trinajstić information content (AvgIpc) is 3.29. The van der Waals surface area contributed by atoms with Crippen LogP contribution in [0.1, 0.15) is 105 Å². The Balaban J connectivity index is 0.00000100. The van der Waals surface area contributed by atoms with Crippen LogP contribution in [-0.2, 0) is 9.47 Å². The highest BCUT2D eigenvalue weighted by Gasteiger charge is 2.59. The number of hydrogen-bond donors (Lipinski definition) is 2. The second kappa shape index (κ2) is 15.0. The van der Waals surface area contributed by atoms with Gasteiger partial charge in [-0.15, -0.1) is 0 Å². The first-order valence-electron chi connectivity index (χ1n) is 15.9. The molecule has 0 saturated heterocycles. The van der Waals surface area contributed by atoms with Crippen LogP contribution < -0.4 is 0 Å². The minimum absolute atomic E-state index is 0.243. The van der Waals surface area contributed by atoms with E-state index in [9.17, 15) is 5.11 Å². The second-order valence-electron chi connectivity index (χ2n) is 13.9. The fourth-order valence-corrected chi connectivity index (χ4v) is 9.57. The molecule has 5 aliphatic rings. The summed E-state index contributed by atoms with van der Waals surface area (Å²) < 4.78 is 12.0. The quantitative estimate of drug-likeness (QED) is 0.164. The van der Waals surface area contributed by atoms with Gasteiger partial charge in [0.1, 0.15) is 0 Å². The van der Waals surface area contributed by atoms with Crippen molar-refractivity contribution in [2.45, 2.75) is 124 Å². The van der Waals surface area contributed by atoms with E-state index in [2.05, 4.69) is 63.3 Å². The van der Waals surface area contributed by atoms with Crippen molar-refractivity contribution in [3.05, 3.63) is 23.8 Å². The van der Waals surface area contributed by atoms with Crippen LogP contribution in [0.4, 0.5) is 0 Å². The van der Waals surface area contributed by atoms with Crippen molar-refractivity contribution in [3.63, 3.8) is 0 Å². The lowest BCUT2D eigenvalue weighted by molar-refractivity contribution is -0.168. The first kappa shape index (κ1) is 33.6. The van der Waals surface area contributed by atoms with E-state index in [0.29, 0.717) is 17.4 Å². The van der Waals surface area contributed by atoms with E-state index in [-0.39, 0.29) is 12.4 Å². The molecule has 1 aliphatic heterocycles. The van der Waals surface area contributed by atoms with E-state index in [4.69, 9.17) is 14.6 Å². The molecule has 0 radical (unpaired) electrons. The van der Waals surface area contributed by atoms with Gasteiger partial charge in [0, 0.05) is 7.11 Å². The number of rotatable bonds is 7. The normalized spacial score (nSPS) is 41.6. The zero-order chi connectivity index (χ0) is 28.8. The Morgan fingerprint density at radius 2 is 1.74 bits per heavy atom. The summed E-state index contributed by atoms with van der Waals surface area (Å²) in [6, 6.07) is 0. The number of allylic oxidation sites excluding steroid dienone is 1. The standard InChI is InChI=1S/C32H52O3.CH3I.CH4O/c1-21(2)7-6-8-22(3)27-12-13-28-26-11-9-23-19-25(35-30-14-10-24(33)20-34-30)15-17-31(23,4)29(26)16-18-32(27,28)5;2*1-2/h9-10,14,21-22,24-30,33H,6-8,11-13,15-20H2,1-5H3;1H3;2H,1H3. The molecule has 5 heteroatoms. The Hall–Kier alpha value is 0.0500. The number of alkyl halides is 1. The first-order valence-corrected chi connectivity index (χ1v) is 18.0. The topological polar surface area (TPSA) is 58.9 Å². The molecule has 2 N–H and O–H groups in total. The maximum Gasteiger partial charge on any atom is 0.177 e. The molecule has 0 spiro atoms. The minimum atomic E-state index is -0.488. The summed E-state index contributed by atoms with van der Waals surface area (Å²) in [6.45, 7) is 13.0. The van der Waals surface area contributed by atoms with E-state index in [1.807, 2.05) is 17.1 Å². The van der Waals surface area contributed by atoms with E-state index in [1.54, 1.807) is 5.57 Å². The molecular weight excluding hydrogens is 599 g/mol. The van der Waals surface area contributed by atoms with Gasteiger partial charge in [-0.05, 0) is 109 Å². The van der Waals surface area contributed by atoms with E-state index < -0.39 is 6.10 Å². The van der Waals surface area contributed by atoms with Crippen LogP contribution in [0.5, 0.6) is 0 Å². The molecule has 3 fully saturated rings. The fraction of sp³-hybridized carbons (Fsp3) is 0.882. The van der Waals surface area contributed by atoms with Crippen molar-refractivity contribution in [2.75, 3.05) is 18.6 Å². The summed E-state index contributed by atoms with van der Waals surface area (Å²) >= 11 is 2.15. The summed E-state index contributed by atoms with van der Waals surface area (Å²) in [5, 5.41) is 16.6. The van der Waals surface area contributed by atoms with E-state index >= 15 is 0 Å². The third kappa shape index (κ3) is 7.35. The molecule has 0 amide bonds. The largest absolute Gasteiger partial charge is 0.400 e. The highest BCUT2D eigenvalue weighted by Crippen LogP contribution is 2.67. The van der Waals surface area contributed by atoms with Crippen LogP contribution in [0.2, 0.25) is 0 Å². The Bertz CT molecular complexity index is 811. The smallest absolute Gasteiger partial charge is 0.177 e. The Kier molecular flexibility index (Phi) is 12.9. The van der Waals surface area contributed by atoms with Gasteiger partial charge in [-0.25, -0.2) is 0 Å². The molecule has 0 bridgehead atoms. The Morgan fingerprint density at radius 3 is 2.41 bits per heavy atom. The molecule has 10 atom stereocenters. The van der Waals surface area contributed by atoms with Gasteiger partial charge in [0.2, 0.25) is 0 Å². The molecule has 10 unspecified atom stereocenters. The Labute approximate surface area is 253 Å². The Morgan fingerprint density at radius 1 is 1.00 bits per heavy atom. The molecule has 0 aromatic carbocycles. The summed E-state index contributed by atoms with van der Waals surface area (Å²) in [5.41, 5.74) is 2.61. The summed E-state index contributed by atoms with van der Waals surface area (Å²) in [5.74, 6) is 5.33. The predicted octanol–water partition coefficient (Wildman–Crippen LogP) is 8.35. The zero-order valence-electron chi connectivity index (χ0n) is 26.0. The average molecular weight is 659 g/mol. The van der Waals surface area contributed by atoms with Crippen LogP contribution in [0.25, 0.3) is 0 Å². The predicted molar refractivity (Wildman–Crippen MR) is 171 cm³/mol. The second-order valence-corrected chi connectivity index (χ2v) is 13.9. The number of ether oxygens (including phenoxy) is 2. The lowest BCUT2D eigenvalue weighted by atomic mass is 9.47. The van der Waals surface area contributed by atoms with Gasteiger partial charge in [-0.2, -0.15) is 0 Å². The maximum absolute atomic E-state index is 9.64. The molecule has 5 rings (SSSR count). The van der Waals surface area contributed by atoms with Gasteiger partial charge in [0.25, 0.3) is 0 Å². The van der Waals surface area contributed by atoms with Crippen molar-refractivity contribution in [2.24, 2.45) is 46.3 Å². The number of aliphatic hydroxyl groups is 2. The van der Waals surface area contributed by atoms with Gasteiger partial charge >= 0.3 is 0 Å². The van der Waals surface area contributed by atoms with Gasteiger partial charge < -0.3 is 19.7 Å². The van der Waals surface area contributed by atoms with Gasteiger partial charge in [-0.1, -0.05) is 94.2 Å². The van der Waals surface area contributed by atoms with Gasteiger partial charge in [0.15, 0.2) is 6.29 Å². The minimum Gasteiger partial charge on any atom is -0.400 e. The van der Waals surface area contributed by atoms with Crippen molar-refractivity contribution >= 4 is 22.6 Å². The van der Waals surface area contributed by atoms with Crippen molar-refractivity contribution < 1.29 is 19.7 Å². The van der Waals surface area contributed by atoms with Crippen LogP contribution in [0.3, 0.4) is 0 Å². The van der Waals surface area contributed by atoms with Crippen LogP contribution in [-0.4, -0.2) is 47.4 Å². The van der Waals surface area contributed by atoms with Crippen LogP contribution >= 0.6 is 22.6 Å². The lowest BCUT2D eigenvalue weighted by Gasteiger charge is -2.58. The highest BCUT2D eigenvalue weighted by atomic mass is 127. The van der Waals surface area contributed by atoms with E-state index in [0.717, 1.165) is 55.5 Å². The fourth-order valence-electron chi connectivity index (χ4n) is 9.57. The molecule has 226 valence electrons. The third-order valence-electron chi connectivity index (χ3n) is 11.5. The van der Waals surface area contributed by atoms with Crippen molar-refractivity contribution in [3.8, 4) is 0 Å². The van der Waals surface area contributed by atoms with Crippen molar-refractivity contribution in [1.29, 1.82) is 0 Å². The van der Waals surface area contributed by atoms with Gasteiger partial charge in [-0.3, -0.25) is 0 Å². The molecular formula is C34H59IO4. The summed E-state index contributed by atoms with van der Waals surface area (Å²) in [4.78, 5) is 1.97. The first-order chi connectivity index (χ1) is 18.7. The van der Waals surface area contributed by atoms with Crippen LogP contribution in [0, 0.1) is 46.3 Å². The van der Waals surface area contributed by atoms with Gasteiger partial charge in [0.05, 0.1) is 18.8 Å². The molecule has 4 aliphatic carbocycles. The summed E-state index contributed by atoms with van der Waals surface area (Å²) in [6.07, 6.45) is 20.6. The number of fused-ring (bicyclic) bond motifs is 5. The number of halogens is 1. The SMILES string of the molecule is CC(C)CCCC(C)C1CCC2C3CC=C4CC(OC5C=CC(O)CO5)CCC4(C)C3CCC12C.CI.CO. The van der Waals surface area contributed by atoms with E-state index in [1.165, 1.54) is 57.8 Å². The molecule has 3 saturated carbocycles. The van der Waals surface area contributed by atoms with Crippen molar-refractivity contribution in [1.82, 2.24) is 0 Å². The molecule has 39 heavy (non-hydrogen) atoms. The maximum atomic E-state index is 9.64. The van der Waals surface area contributed by atoms with Crippen LogP contribution in [0.15, 0.2) is 23.8 Å². The number of aliphatic hydroxyl groups excluding tert-OH is 2. The lowest BCUT2D eigenvalue weighted by Crippen LogP contribution is -2.51. The molecule has 0 aromatic rings. The molecule has 1 heterocycles. The summed E-state index contributed by atoms with van der Waals surface area (Å²) in [7, 11) is 1.00. The zero-order valence-corrected chi connectivity index (χ0v) is 28.2.